The Bertz CT molecular complexity index is 1120. The van der Waals surface area contributed by atoms with E-state index in [0.29, 0.717) is 20.4 Å². The minimum Gasteiger partial charge on any atom is -0.746 e. The molecule has 1 atom stereocenters. The Labute approximate surface area is 233 Å². The number of phosphoric acid groups is 1. The van der Waals surface area contributed by atoms with Gasteiger partial charge in [0.25, 0.3) is 5.69 Å². The molecular formula is C16H11BrClN2Na2O8P. The van der Waals surface area contributed by atoms with Gasteiger partial charge in [-0.1, -0.05) is 29.8 Å². The van der Waals surface area contributed by atoms with Crippen LogP contribution in [0.25, 0.3) is 10.9 Å². The maximum Gasteiger partial charge on any atom is 1.00 e. The fourth-order valence-electron chi connectivity index (χ4n) is 2.32. The number of aromatic amines is 1. The number of nitro groups is 1. The van der Waals surface area contributed by atoms with Gasteiger partial charge in [0.15, 0.2) is 5.75 Å². The van der Waals surface area contributed by atoms with Crippen LogP contribution in [0.5, 0.6) is 5.75 Å². The molecule has 10 nitrogen and oxygen atoms in total. The molecule has 0 amide bonds. The fourth-order valence-corrected chi connectivity index (χ4v) is 3.30. The zero-order valence-electron chi connectivity index (χ0n) is 16.2. The van der Waals surface area contributed by atoms with Gasteiger partial charge in [0.2, 0.25) is 0 Å². The Morgan fingerprint density at radius 3 is 2.42 bits per heavy atom. The number of carboxylic acids is 1. The molecule has 0 saturated heterocycles. The molecule has 0 aliphatic heterocycles. The number of carbonyl (C=O) groups is 1. The van der Waals surface area contributed by atoms with Gasteiger partial charge in [-0.25, -0.2) is 0 Å². The van der Waals surface area contributed by atoms with Gasteiger partial charge in [-0.05, 0) is 28.1 Å². The van der Waals surface area contributed by atoms with Crippen molar-refractivity contribution in [2.75, 3.05) is 0 Å². The molecule has 0 fully saturated rings. The second-order valence-corrected chi connectivity index (χ2v) is 7.78. The number of H-pyrrole nitrogens is 1. The van der Waals surface area contributed by atoms with Crippen LogP contribution in [0.3, 0.4) is 0 Å². The van der Waals surface area contributed by atoms with Gasteiger partial charge in [-0.2, -0.15) is 0 Å². The third kappa shape index (κ3) is 9.15. The second kappa shape index (κ2) is 13.3. The molecule has 0 aliphatic rings. The summed E-state index contributed by atoms with van der Waals surface area (Å²) in [5.74, 6) is -1.36. The predicted molar refractivity (Wildman–Crippen MR) is 103 cm³/mol. The van der Waals surface area contributed by atoms with E-state index >= 15 is 0 Å². The first-order chi connectivity index (χ1) is 13.5. The van der Waals surface area contributed by atoms with Gasteiger partial charge in [0.1, 0.15) is 0 Å². The molecule has 15 heteroatoms. The van der Waals surface area contributed by atoms with E-state index < -0.39 is 25.1 Å². The first-order valence-electron chi connectivity index (χ1n) is 7.60. The second-order valence-electron chi connectivity index (χ2n) is 5.43. The van der Waals surface area contributed by atoms with Crippen molar-refractivity contribution in [1.29, 1.82) is 0 Å². The number of nitrogens with zero attached hydrogens (tertiary/aromatic N) is 1. The maximum absolute atomic E-state index is 10.6. The van der Waals surface area contributed by atoms with Crippen LogP contribution in [-0.4, -0.2) is 20.8 Å². The summed E-state index contributed by atoms with van der Waals surface area (Å²) in [7, 11) is -4.84. The van der Waals surface area contributed by atoms with Crippen molar-refractivity contribution in [3.63, 3.8) is 0 Å². The van der Waals surface area contributed by atoms with Crippen LogP contribution in [0.15, 0.2) is 47.1 Å². The number of fused-ring (bicyclic) bond motifs is 1. The molecule has 2 N–H and O–H groups in total. The van der Waals surface area contributed by atoms with Crippen molar-refractivity contribution in [3.05, 3.63) is 67.8 Å². The minimum absolute atomic E-state index is 0. The van der Waals surface area contributed by atoms with Crippen LogP contribution in [-0.2, 0) is 15.8 Å². The summed E-state index contributed by atoms with van der Waals surface area (Å²) in [6, 6.07) is 9.10. The summed E-state index contributed by atoms with van der Waals surface area (Å²) < 4.78 is 15.6. The van der Waals surface area contributed by atoms with E-state index in [9.17, 15) is 29.5 Å². The first-order valence-corrected chi connectivity index (χ1v) is 10.3. The number of benzene rings is 2. The number of carboxylic acid groups (broad SMARTS) is 1. The Morgan fingerprint density at radius 1 is 1.26 bits per heavy atom. The van der Waals surface area contributed by atoms with Crippen molar-refractivity contribution in [2.45, 2.75) is 6.42 Å². The predicted octanol–water partition coefficient (Wildman–Crippen LogP) is -3.68. The largest absolute Gasteiger partial charge is 1.00 e. The minimum atomic E-state index is -4.84. The van der Waals surface area contributed by atoms with E-state index in [1.165, 1.54) is 24.4 Å². The Kier molecular flexibility index (Phi) is 13.1. The first kappa shape index (κ1) is 30.6. The van der Waals surface area contributed by atoms with Crippen molar-refractivity contribution in [3.8, 4) is 5.75 Å². The normalized spacial score (nSPS) is 11.7. The number of halogens is 2. The average Bonchev–Trinajstić information content (AvgIpc) is 3.00. The van der Waals surface area contributed by atoms with Crippen molar-refractivity contribution >= 4 is 57.9 Å². The topological polar surface area (TPSA) is 169 Å². The Balaban J connectivity index is 0.000000557. The third-order valence-corrected chi connectivity index (χ3v) is 5.15. The van der Waals surface area contributed by atoms with Gasteiger partial charge in [-0.3, -0.25) is 14.7 Å². The zero-order chi connectivity index (χ0) is 21.8. The van der Waals surface area contributed by atoms with Crippen LogP contribution in [0, 0.1) is 10.1 Å². The number of aliphatic carboxylic acids is 1. The smallest absolute Gasteiger partial charge is 0.746 e. The van der Waals surface area contributed by atoms with Gasteiger partial charge in [0, 0.05) is 34.7 Å². The molecule has 3 aromatic rings. The van der Waals surface area contributed by atoms with Crippen molar-refractivity contribution < 1.29 is 92.8 Å². The van der Waals surface area contributed by atoms with Crippen molar-refractivity contribution in [2.24, 2.45) is 0 Å². The van der Waals surface area contributed by atoms with Gasteiger partial charge < -0.3 is 29.2 Å². The number of hydrogen-bond donors (Lipinski definition) is 2. The number of nitrogens with one attached hydrogen (secondary N) is 1. The maximum atomic E-state index is 10.6. The number of nitro benzene ring substituents is 1. The summed E-state index contributed by atoms with van der Waals surface area (Å²) >= 11 is 9.18. The summed E-state index contributed by atoms with van der Waals surface area (Å²) in [6.07, 6.45) is 0.876. The van der Waals surface area contributed by atoms with Crippen LogP contribution in [0.1, 0.15) is 5.56 Å². The summed E-state index contributed by atoms with van der Waals surface area (Å²) in [6.45, 7) is 0. The van der Waals surface area contributed by atoms with E-state index in [1.807, 2.05) is 0 Å². The molecule has 0 saturated carbocycles. The van der Waals surface area contributed by atoms with Gasteiger partial charge >= 0.3 is 66.9 Å². The molecule has 3 rings (SSSR count). The quantitative estimate of drug-likeness (QED) is 0.141. The standard InChI is InChI=1S/C8H6BrClNO4P.C8H7NO4.2Na/c9-4-1-2-5-7(8(4)10)6(3-11-5)15-16(12,13)14;10-8(11)5-6-3-1-2-4-7(6)9(12)13;;/h1-3,11H,(H2,12,13,14);1-4H,5H2,(H,10,11);;/q;;2*+1/p-2. The van der Waals surface area contributed by atoms with Gasteiger partial charge in [-0.15, -0.1) is 0 Å². The van der Waals surface area contributed by atoms with E-state index in [1.54, 1.807) is 18.2 Å². The van der Waals surface area contributed by atoms with E-state index in [2.05, 4.69) is 25.4 Å². The number of phosphoric ester groups is 1. The molecule has 2 aromatic carbocycles. The molecule has 0 radical (unpaired) electrons. The van der Waals surface area contributed by atoms with Gasteiger partial charge in [0.05, 0.1) is 20.8 Å². The Hall–Kier alpha value is -0.430. The molecular weight excluding hydrogens is 540 g/mol. The summed E-state index contributed by atoms with van der Waals surface area (Å²) in [5.41, 5.74) is 0.579. The number of rotatable bonds is 5. The molecule has 1 aromatic heterocycles. The van der Waals surface area contributed by atoms with E-state index in [-0.39, 0.29) is 76.1 Å². The number of hydrogen-bond acceptors (Lipinski definition) is 7. The molecule has 0 spiro atoms. The third-order valence-electron chi connectivity index (χ3n) is 3.44. The molecule has 31 heavy (non-hydrogen) atoms. The molecule has 154 valence electrons. The molecule has 1 unspecified atom stereocenters. The average molecular weight is 552 g/mol. The zero-order valence-corrected chi connectivity index (χ0v) is 23.4. The SMILES string of the molecule is O=C([O-])Cc1ccccc1[N+](=O)[O-].O=P([O-])(O)Oc1c[nH]c2ccc(Br)c(Cl)c12.[Na+].[Na+]. The van der Waals surface area contributed by atoms with Crippen LogP contribution < -0.4 is 73.6 Å². The summed E-state index contributed by atoms with van der Waals surface area (Å²) in [4.78, 5) is 42.0. The molecule has 0 bridgehead atoms. The van der Waals surface area contributed by atoms with Crippen LogP contribution in [0.4, 0.5) is 5.69 Å². The van der Waals surface area contributed by atoms with Crippen LogP contribution >= 0.6 is 35.4 Å². The number of para-hydroxylation sites is 1. The number of carbonyl (C=O) groups excluding carboxylic acids is 1. The van der Waals surface area contributed by atoms with Crippen LogP contribution in [0.2, 0.25) is 5.02 Å². The summed E-state index contributed by atoms with van der Waals surface area (Å²) in [5, 5.41) is 21.3. The molecule has 0 aliphatic carbocycles. The number of aromatic nitrogens is 1. The monoisotopic (exact) mass is 550 g/mol. The van der Waals surface area contributed by atoms with E-state index in [0.717, 1.165) is 0 Å². The molecule has 1 heterocycles. The van der Waals surface area contributed by atoms with Crippen molar-refractivity contribution in [1.82, 2.24) is 4.98 Å². The fraction of sp³-hybridized carbons (Fsp3) is 0.0625. The Morgan fingerprint density at radius 2 is 1.87 bits per heavy atom. The van der Waals surface area contributed by atoms with E-state index in [4.69, 9.17) is 16.5 Å².